The number of nitrogen functional groups attached to an aromatic ring is 1. The van der Waals surface area contributed by atoms with Crippen molar-refractivity contribution in [2.75, 3.05) is 5.73 Å². The average molecular weight is 452 g/mol. The van der Waals surface area contributed by atoms with Crippen LogP contribution < -0.4 is 5.73 Å². The van der Waals surface area contributed by atoms with Gasteiger partial charge in [0.15, 0.2) is 5.78 Å². The summed E-state index contributed by atoms with van der Waals surface area (Å²) in [5.41, 5.74) is 7.89. The molecule has 0 saturated carbocycles. The molecule has 0 radical (unpaired) electrons. The summed E-state index contributed by atoms with van der Waals surface area (Å²) in [7, 11) is -4.48. The summed E-state index contributed by atoms with van der Waals surface area (Å²) in [6.07, 6.45) is 0.285. The minimum atomic E-state index is -4.48. The Morgan fingerprint density at radius 2 is 1.68 bits per heavy atom. The van der Waals surface area contributed by atoms with Crippen LogP contribution in [0.25, 0.3) is 10.8 Å². The van der Waals surface area contributed by atoms with Crippen LogP contribution in [-0.2, 0) is 16.5 Å². The second kappa shape index (κ2) is 8.38. The second-order valence-electron chi connectivity index (χ2n) is 6.77. The van der Waals surface area contributed by atoms with E-state index in [-0.39, 0.29) is 28.5 Å². The van der Waals surface area contributed by atoms with Crippen LogP contribution in [0.1, 0.15) is 15.2 Å². The van der Waals surface area contributed by atoms with Crippen molar-refractivity contribution < 1.29 is 17.8 Å². The molecule has 3 N–H and O–H groups in total. The van der Waals surface area contributed by atoms with Gasteiger partial charge in [0.2, 0.25) is 0 Å². The van der Waals surface area contributed by atoms with Crippen molar-refractivity contribution in [3.05, 3.63) is 82.6 Å². The van der Waals surface area contributed by atoms with E-state index in [1.165, 1.54) is 17.4 Å². The Morgan fingerprint density at radius 1 is 0.968 bits per heavy atom. The zero-order valence-corrected chi connectivity index (χ0v) is 17.7. The highest BCUT2D eigenvalue weighted by molar-refractivity contribution is 7.86. The van der Waals surface area contributed by atoms with Gasteiger partial charge in [0.1, 0.15) is 10.6 Å². The predicted octanol–water partition coefficient (Wildman–Crippen LogP) is 5.57. The first kappa shape index (κ1) is 20.9. The Morgan fingerprint density at radius 3 is 2.32 bits per heavy atom. The monoisotopic (exact) mass is 451 g/mol. The number of fused-ring (bicyclic) bond motifs is 1. The smallest absolute Gasteiger partial charge is 0.295 e. The fraction of sp³-hybridized carbons (Fsp3) is 0.0455. The zero-order valence-electron chi connectivity index (χ0n) is 16.1. The number of carbonyl (C=O) groups excluding carboxylic acids is 1. The Bertz CT molecular complexity index is 1390. The summed E-state index contributed by atoms with van der Waals surface area (Å²) in [6, 6.07) is 18.4. The molecule has 0 aliphatic rings. The van der Waals surface area contributed by atoms with E-state index in [0.29, 0.717) is 21.3 Å². The summed E-state index contributed by atoms with van der Waals surface area (Å²) in [6.45, 7) is 0. The Kier molecular flexibility index (Phi) is 5.64. The molecule has 0 aliphatic carbocycles. The van der Waals surface area contributed by atoms with Gasteiger partial charge >= 0.3 is 0 Å². The van der Waals surface area contributed by atoms with Crippen molar-refractivity contribution in [2.24, 2.45) is 10.2 Å². The summed E-state index contributed by atoms with van der Waals surface area (Å²) in [5, 5.41) is 10.8. The molecule has 7 nitrogen and oxygen atoms in total. The van der Waals surface area contributed by atoms with Gasteiger partial charge < -0.3 is 5.73 Å². The van der Waals surface area contributed by atoms with Gasteiger partial charge in [-0.3, -0.25) is 9.35 Å². The zero-order chi connectivity index (χ0) is 22.0. The molecule has 0 bridgehead atoms. The molecular weight excluding hydrogens is 434 g/mol. The van der Waals surface area contributed by atoms with Crippen molar-refractivity contribution >= 4 is 55.1 Å². The van der Waals surface area contributed by atoms with Gasteiger partial charge in [-0.2, -0.15) is 13.5 Å². The highest BCUT2D eigenvalue weighted by Gasteiger charge is 2.18. The van der Waals surface area contributed by atoms with Crippen LogP contribution in [0, 0.1) is 0 Å². The van der Waals surface area contributed by atoms with Gasteiger partial charge in [0, 0.05) is 17.2 Å². The molecule has 0 spiro atoms. The first-order chi connectivity index (χ1) is 14.8. The fourth-order valence-electron chi connectivity index (χ4n) is 3.15. The third kappa shape index (κ3) is 4.53. The SMILES string of the molecule is Nc1c(N=Nc2ccc(CC(=O)c3cccs3)cc2)cc(S(=O)(=O)O)c2ccccc12. The minimum absolute atomic E-state index is 0.0473. The lowest BCUT2D eigenvalue weighted by Crippen LogP contribution is -2.01. The maximum atomic E-state index is 12.2. The van der Waals surface area contributed by atoms with Gasteiger partial charge in [-0.15, -0.1) is 16.5 Å². The van der Waals surface area contributed by atoms with Crippen molar-refractivity contribution in [1.82, 2.24) is 0 Å². The Hall–Kier alpha value is -3.40. The third-order valence-corrected chi connectivity index (χ3v) is 6.48. The molecular formula is C22H17N3O4S2. The number of hydrogen-bond donors (Lipinski definition) is 2. The molecule has 1 heterocycles. The molecule has 0 saturated heterocycles. The summed E-state index contributed by atoms with van der Waals surface area (Å²) < 4.78 is 33.2. The van der Waals surface area contributed by atoms with E-state index in [1.54, 1.807) is 54.6 Å². The molecule has 1 aromatic heterocycles. The topological polar surface area (TPSA) is 122 Å². The van der Waals surface area contributed by atoms with Crippen molar-refractivity contribution in [2.45, 2.75) is 11.3 Å². The Labute approximate surface area is 182 Å². The van der Waals surface area contributed by atoms with Crippen LogP contribution in [0.3, 0.4) is 0 Å². The van der Waals surface area contributed by atoms with Gasteiger partial charge in [-0.1, -0.05) is 42.5 Å². The first-order valence-electron chi connectivity index (χ1n) is 9.19. The van der Waals surface area contributed by atoms with E-state index >= 15 is 0 Å². The average Bonchev–Trinajstić information content (AvgIpc) is 3.29. The van der Waals surface area contributed by atoms with Crippen LogP contribution in [-0.4, -0.2) is 18.8 Å². The number of thiophene rings is 1. The number of rotatable bonds is 6. The second-order valence-corrected chi connectivity index (χ2v) is 9.11. The van der Waals surface area contributed by atoms with E-state index < -0.39 is 10.1 Å². The maximum absolute atomic E-state index is 12.2. The first-order valence-corrected chi connectivity index (χ1v) is 11.5. The molecule has 4 aromatic rings. The van der Waals surface area contributed by atoms with E-state index in [1.807, 2.05) is 11.4 Å². The Balaban J connectivity index is 1.61. The van der Waals surface area contributed by atoms with Crippen LogP contribution in [0.15, 0.2) is 87.2 Å². The van der Waals surface area contributed by atoms with Crippen LogP contribution in [0.4, 0.5) is 17.1 Å². The number of benzene rings is 3. The van der Waals surface area contributed by atoms with E-state index in [2.05, 4.69) is 10.2 Å². The number of Topliss-reactive ketones (excluding diaryl/α,β-unsaturated/α-hetero) is 1. The van der Waals surface area contributed by atoms with Crippen molar-refractivity contribution in [3.63, 3.8) is 0 Å². The lowest BCUT2D eigenvalue weighted by atomic mass is 10.1. The van der Waals surface area contributed by atoms with Gasteiger partial charge in [0.25, 0.3) is 10.1 Å². The number of anilines is 1. The largest absolute Gasteiger partial charge is 0.396 e. The normalized spacial score (nSPS) is 11.9. The number of ketones is 1. The molecule has 156 valence electrons. The highest BCUT2D eigenvalue weighted by atomic mass is 32.2. The van der Waals surface area contributed by atoms with Crippen molar-refractivity contribution in [3.8, 4) is 0 Å². The number of carbonyl (C=O) groups is 1. The molecule has 3 aromatic carbocycles. The highest BCUT2D eigenvalue weighted by Crippen LogP contribution is 2.36. The molecule has 0 amide bonds. The van der Waals surface area contributed by atoms with E-state index in [0.717, 1.165) is 5.56 Å². The van der Waals surface area contributed by atoms with Gasteiger partial charge in [0.05, 0.1) is 16.3 Å². The number of azo groups is 1. The predicted molar refractivity (Wildman–Crippen MR) is 121 cm³/mol. The van der Waals surface area contributed by atoms with E-state index in [4.69, 9.17) is 5.73 Å². The summed E-state index contributed by atoms with van der Waals surface area (Å²) in [5.74, 6) is 0.0473. The molecule has 31 heavy (non-hydrogen) atoms. The quantitative estimate of drug-likeness (QED) is 0.172. The standard InChI is InChI=1S/C22H17N3O4S2/c23-22-17-5-2-1-4-16(17)21(31(27,28)29)13-18(22)25-24-15-9-7-14(8-10-15)12-19(26)20-6-3-11-30-20/h1-11,13H,12,23H2,(H,27,28,29). The van der Waals surface area contributed by atoms with E-state index in [9.17, 15) is 17.8 Å². The van der Waals surface area contributed by atoms with Crippen molar-refractivity contribution in [1.29, 1.82) is 0 Å². The molecule has 0 aliphatic heterocycles. The fourth-order valence-corrected chi connectivity index (χ4v) is 4.53. The van der Waals surface area contributed by atoms with Crippen LogP contribution in [0.2, 0.25) is 0 Å². The van der Waals surface area contributed by atoms with Gasteiger partial charge in [-0.05, 0) is 35.2 Å². The van der Waals surface area contributed by atoms with Crippen LogP contribution in [0.5, 0.6) is 0 Å². The van der Waals surface area contributed by atoms with Crippen LogP contribution >= 0.6 is 11.3 Å². The lowest BCUT2D eigenvalue weighted by molar-refractivity contribution is 0.0997. The third-order valence-electron chi connectivity index (χ3n) is 4.67. The molecule has 0 fully saturated rings. The van der Waals surface area contributed by atoms with Gasteiger partial charge in [-0.25, -0.2) is 0 Å². The number of nitrogens with zero attached hydrogens (tertiary/aromatic N) is 2. The summed E-state index contributed by atoms with van der Waals surface area (Å²) in [4.78, 5) is 12.6. The number of hydrogen-bond acceptors (Lipinski definition) is 7. The lowest BCUT2D eigenvalue weighted by Gasteiger charge is -2.09. The molecule has 4 rings (SSSR count). The number of nitrogens with two attached hydrogens (primary N) is 1. The molecule has 0 unspecified atom stereocenters. The molecule has 0 atom stereocenters. The summed E-state index contributed by atoms with van der Waals surface area (Å²) >= 11 is 1.41. The maximum Gasteiger partial charge on any atom is 0.295 e. The molecule has 9 heteroatoms. The minimum Gasteiger partial charge on any atom is -0.396 e.